The highest BCUT2D eigenvalue weighted by Gasteiger charge is 2.68. The number of likely N-dealkylation sites (tertiary alicyclic amines) is 2. The molecule has 1 amide bonds. The summed E-state index contributed by atoms with van der Waals surface area (Å²) in [5, 5.41) is 9.31. The molecule has 7 aliphatic rings. The van der Waals surface area contributed by atoms with Crippen molar-refractivity contribution in [1.29, 1.82) is 5.26 Å². The van der Waals surface area contributed by atoms with Gasteiger partial charge in [-0.2, -0.15) is 5.26 Å². The lowest BCUT2D eigenvalue weighted by atomic mass is 9.90. The molecule has 0 N–H and O–H groups in total. The molecule has 0 radical (unpaired) electrons. The minimum absolute atomic E-state index is 0.0918. The van der Waals surface area contributed by atoms with Gasteiger partial charge in [0.05, 0.1) is 19.2 Å². The second-order valence-electron chi connectivity index (χ2n) is 12.9. The molecule has 38 heavy (non-hydrogen) atoms. The van der Waals surface area contributed by atoms with Gasteiger partial charge < -0.3 is 28.6 Å². The van der Waals surface area contributed by atoms with Crippen LogP contribution >= 0.6 is 0 Å². The van der Waals surface area contributed by atoms with Crippen molar-refractivity contribution in [1.82, 2.24) is 9.80 Å². The number of hydrogen-bond donors (Lipinski definition) is 0. The van der Waals surface area contributed by atoms with Gasteiger partial charge in [-0.05, 0) is 76.8 Å². The van der Waals surface area contributed by atoms with Crippen molar-refractivity contribution >= 4 is 5.91 Å². The Morgan fingerprint density at radius 1 is 0.895 bits per heavy atom. The van der Waals surface area contributed by atoms with Crippen molar-refractivity contribution in [3.05, 3.63) is 0 Å². The van der Waals surface area contributed by atoms with Gasteiger partial charge in [0, 0.05) is 38.6 Å². The van der Waals surface area contributed by atoms with Crippen molar-refractivity contribution in [2.75, 3.05) is 32.8 Å². The van der Waals surface area contributed by atoms with Crippen LogP contribution in [-0.4, -0.2) is 90.2 Å². The number of carbonyl (C=O) groups is 1. The van der Waals surface area contributed by atoms with E-state index in [2.05, 4.69) is 11.0 Å². The molecule has 7 fully saturated rings. The highest BCUT2D eigenvalue weighted by molar-refractivity contribution is 5.77. The standard InChI is InChI=1S/C29H43N3O6/c30-18-22-6-5-15-32(22)24(33)8-7-21-9-16-31(17-10-21)20-29-26(37-28(38-29)13-3-4-14-28)25-23(19-34-29)35-27(36-25)11-1-2-12-27/h21-23,25-26H,1-17,19-20H2/t22-,23+,25+,26-,29-/m0/s1. The lowest BCUT2D eigenvalue weighted by molar-refractivity contribution is -0.291. The normalized spacial score (nSPS) is 40.1. The molecule has 9 nitrogen and oxygen atoms in total. The van der Waals surface area contributed by atoms with Gasteiger partial charge in [-0.3, -0.25) is 9.69 Å². The number of piperidine rings is 1. The van der Waals surface area contributed by atoms with Crippen LogP contribution < -0.4 is 0 Å². The van der Waals surface area contributed by atoms with E-state index in [9.17, 15) is 10.1 Å². The minimum atomic E-state index is -0.816. The summed E-state index contributed by atoms with van der Waals surface area (Å²) in [5.74, 6) is -1.13. The molecule has 2 aliphatic carbocycles. The number of amides is 1. The SMILES string of the molecule is N#C[C@@H]1CCCN1C(=O)CCC1CCN(C[C@@]23OC[C@H]4OC5(CCCC5)O[C@H]4[C@@H]2OC2(CCCC2)O3)CC1. The van der Waals surface area contributed by atoms with Crippen LogP contribution in [0.2, 0.25) is 0 Å². The monoisotopic (exact) mass is 529 g/mol. The molecule has 5 heterocycles. The molecule has 2 spiro atoms. The van der Waals surface area contributed by atoms with Crippen LogP contribution in [0.3, 0.4) is 0 Å². The maximum Gasteiger partial charge on any atom is 0.223 e. The smallest absolute Gasteiger partial charge is 0.223 e. The Morgan fingerprint density at radius 3 is 2.37 bits per heavy atom. The summed E-state index contributed by atoms with van der Waals surface area (Å²) in [6.07, 6.45) is 13.1. The summed E-state index contributed by atoms with van der Waals surface area (Å²) in [6.45, 7) is 3.84. The van der Waals surface area contributed by atoms with E-state index in [0.717, 1.165) is 103 Å². The zero-order valence-corrected chi connectivity index (χ0v) is 22.6. The quantitative estimate of drug-likeness (QED) is 0.535. The lowest BCUT2D eigenvalue weighted by Crippen LogP contribution is -2.63. The van der Waals surface area contributed by atoms with Gasteiger partial charge in [0.25, 0.3) is 0 Å². The molecule has 9 heteroatoms. The average molecular weight is 530 g/mol. The number of rotatable bonds is 5. The molecule has 2 saturated carbocycles. The molecule has 5 aliphatic heterocycles. The summed E-state index contributed by atoms with van der Waals surface area (Å²) in [4.78, 5) is 17.0. The third-order valence-electron chi connectivity index (χ3n) is 10.4. The average Bonchev–Trinajstić information content (AvgIpc) is 3.75. The number of ether oxygens (including phenoxy) is 5. The fraction of sp³-hybridized carbons (Fsp3) is 0.931. The third-order valence-corrected chi connectivity index (χ3v) is 10.4. The fourth-order valence-corrected chi connectivity index (χ4v) is 8.32. The number of nitrogens with zero attached hydrogens (tertiary/aromatic N) is 3. The Labute approximate surface area is 226 Å². The first-order chi connectivity index (χ1) is 18.5. The van der Waals surface area contributed by atoms with Crippen LogP contribution in [0.5, 0.6) is 0 Å². The lowest BCUT2D eigenvalue weighted by Gasteiger charge is -2.44. The molecule has 210 valence electrons. The van der Waals surface area contributed by atoms with Crippen LogP contribution in [0.1, 0.15) is 89.9 Å². The summed E-state index contributed by atoms with van der Waals surface area (Å²) in [6, 6.07) is 2.07. The Kier molecular flexibility index (Phi) is 6.74. The second-order valence-corrected chi connectivity index (χ2v) is 12.9. The molecule has 5 saturated heterocycles. The highest BCUT2D eigenvalue weighted by atomic mass is 16.9. The van der Waals surface area contributed by atoms with E-state index in [-0.39, 0.29) is 30.3 Å². The predicted octanol–water partition coefficient (Wildman–Crippen LogP) is 3.46. The van der Waals surface area contributed by atoms with Gasteiger partial charge in [0.1, 0.15) is 24.4 Å². The third kappa shape index (κ3) is 4.49. The first-order valence-electron chi connectivity index (χ1n) is 15.3. The van der Waals surface area contributed by atoms with Crippen molar-refractivity contribution in [3.63, 3.8) is 0 Å². The number of carbonyl (C=O) groups excluding carboxylic acids is 1. The molecular formula is C29H43N3O6. The maximum atomic E-state index is 12.7. The van der Waals surface area contributed by atoms with E-state index >= 15 is 0 Å². The fourth-order valence-electron chi connectivity index (χ4n) is 8.32. The van der Waals surface area contributed by atoms with Crippen molar-refractivity contribution < 1.29 is 28.5 Å². The largest absolute Gasteiger partial charge is 0.343 e. The van der Waals surface area contributed by atoms with E-state index in [1.165, 1.54) is 0 Å². The predicted molar refractivity (Wildman–Crippen MR) is 136 cm³/mol. The maximum absolute atomic E-state index is 12.7. The molecule has 0 aromatic rings. The zero-order valence-electron chi connectivity index (χ0n) is 22.6. The molecule has 0 aromatic heterocycles. The van der Waals surface area contributed by atoms with Gasteiger partial charge in [-0.25, -0.2) is 0 Å². The highest BCUT2D eigenvalue weighted by Crippen LogP contribution is 2.54. The van der Waals surface area contributed by atoms with E-state index in [1.54, 1.807) is 4.90 Å². The zero-order chi connectivity index (χ0) is 25.8. The first-order valence-corrected chi connectivity index (χ1v) is 15.3. The Hall–Kier alpha value is -1.28. The van der Waals surface area contributed by atoms with E-state index in [1.807, 2.05) is 0 Å². The van der Waals surface area contributed by atoms with Crippen LogP contribution in [0, 0.1) is 17.2 Å². The minimum Gasteiger partial charge on any atom is -0.343 e. The number of hydrogen-bond acceptors (Lipinski definition) is 8. The Morgan fingerprint density at radius 2 is 1.63 bits per heavy atom. The van der Waals surface area contributed by atoms with Crippen LogP contribution in [0.15, 0.2) is 0 Å². The van der Waals surface area contributed by atoms with Gasteiger partial charge >= 0.3 is 0 Å². The van der Waals surface area contributed by atoms with Gasteiger partial charge in [-0.1, -0.05) is 0 Å². The summed E-state index contributed by atoms with van der Waals surface area (Å²) < 4.78 is 33.4. The molecular weight excluding hydrogens is 486 g/mol. The Balaban J connectivity index is 0.980. The molecule has 0 aromatic carbocycles. The number of nitriles is 1. The van der Waals surface area contributed by atoms with Crippen molar-refractivity contribution in [3.8, 4) is 6.07 Å². The van der Waals surface area contributed by atoms with Gasteiger partial charge in [-0.15, -0.1) is 0 Å². The van der Waals surface area contributed by atoms with Crippen LogP contribution in [-0.2, 0) is 28.5 Å². The van der Waals surface area contributed by atoms with Gasteiger partial charge in [0.2, 0.25) is 11.7 Å². The van der Waals surface area contributed by atoms with Crippen molar-refractivity contribution in [2.24, 2.45) is 5.92 Å². The van der Waals surface area contributed by atoms with E-state index in [0.29, 0.717) is 25.5 Å². The summed E-state index contributed by atoms with van der Waals surface area (Å²) >= 11 is 0. The molecule has 7 rings (SSSR count). The first kappa shape index (κ1) is 25.7. The van der Waals surface area contributed by atoms with E-state index in [4.69, 9.17) is 23.7 Å². The van der Waals surface area contributed by atoms with E-state index < -0.39 is 17.4 Å². The van der Waals surface area contributed by atoms with Gasteiger partial charge in [0.15, 0.2) is 11.6 Å². The number of fused-ring (bicyclic) bond motifs is 3. The summed E-state index contributed by atoms with van der Waals surface area (Å²) in [5.41, 5.74) is 0. The molecule has 0 unspecified atom stereocenters. The molecule has 0 bridgehead atoms. The second kappa shape index (κ2) is 9.97. The topological polar surface area (TPSA) is 93.5 Å². The summed E-state index contributed by atoms with van der Waals surface area (Å²) in [7, 11) is 0. The molecule has 5 atom stereocenters. The van der Waals surface area contributed by atoms with Crippen LogP contribution in [0.25, 0.3) is 0 Å². The Bertz CT molecular complexity index is 935. The van der Waals surface area contributed by atoms with Crippen molar-refractivity contribution in [2.45, 2.75) is 132 Å². The van der Waals surface area contributed by atoms with Crippen LogP contribution in [0.4, 0.5) is 0 Å².